The lowest BCUT2D eigenvalue weighted by Crippen LogP contribution is -2.45. The first kappa shape index (κ1) is 10.9. The van der Waals surface area contributed by atoms with E-state index in [0.29, 0.717) is 11.9 Å². The lowest BCUT2D eigenvalue weighted by atomic mass is 9.98. The van der Waals surface area contributed by atoms with Crippen molar-refractivity contribution < 1.29 is 4.79 Å². The van der Waals surface area contributed by atoms with Crippen LogP contribution in [0.15, 0.2) is 0 Å². The van der Waals surface area contributed by atoms with Crippen molar-refractivity contribution in [3.8, 4) is 0 Å². The molecule has 0 spiro atoms. The van der Waals surface area contributed by atoms with Crippen LogP contribution in [0.5, 0.6) is 0 Å². The predicted molar refractivity (Wildman–Crippen MR) is 60.6 cm³/mol. The third-order valence-electron chi connectivity index (χ3n) is 3.74. The smallest absolute Gasteiger partial charge is 0.226 e. The van der Waals surface area contributed by atoms with Crippen LogP contribution in [-0.2, 0) is 4.79 Å². The van der Waals surface area contributed by atoms with Gasteiger partial charge in [-0.2, -0.15) is 0 Å². The van der Waals surface area contributed by atoms with Crippen LogP contribution >= 0.6 is 0 Å². The van der Waals surface area contributed by atoms with Gasteiger partial charge in [0.25, 0.3) is 0 Å². The summed E-state index contributed by atoms with van der Waals surface area (Å²) in [5.41, 5.74) is 0.0413. The molecule has 3 heteroatoms. The fourth-order valence-electron chi connectivity index (χ4n) is 2.52. The van der Waals surface area contributed by atoms with Crippen LogP contribution in [0.25, 0.3) is 0 Å². The van der Waals surface area contributed by atoms with Gasteiger partial charge in [-0.05, 0) is 45.2 Å². The van der Waals surface area contributed by atoms with Crippen molar-refractivity contribution in [1.29, 1.82) is 0 Å². The van der Waals surface area contributed by atoms with Crippen LogP contribution in [0.2, 0.25) is 0 Å². The minimum Gasteiger partial charge on any atom is -0.353 e. The van der Waals surface area contributed by atoms with Gasteiger partial charge < -0.3 is 10.6 Å². The maximum Gasteiger partial charge on any atom is 0.226 e. The Morgan fingerprint density at radius 2 is 2.07 bits per heavy atom. The number of nitrogens with one attached hydrogen (secondary N) is 2. The highest BCUT2D eigenvalue weighted by molar-refractivity contribution is 5.85. The summed E-state index contributed by atoms with van der Waals surface area (Å²) in [4.78, 5) is 12.1. The van der Waals surface area contributed by atoms with Gasteiger partial charge in [0.2, 0.25) is 5.91 Å². The molecule has 0 aromatic carbocycles. The molecular weight excluding hydrogens is 188 g/mol. The summed E-state index contributed by atoms with van der Waals surface area (Å²) in [5, 5.41) is 6.54. The van der Waals surface area contributed by atoms with Gasteiger partial charge in [-0.25, -0.2) is 0 Å². The zero-order valence-electron chi connectivity index (χ0n) is 9.64. The monoisotopic (exact) mass is 210 g/mol. The van der Waals surface area contributed by atoms with E-state index in [-0.39, 0.29) is 5.41 Å². The second-order valence-electron chi connectivity index (χ2n) is 5.03. The highest BCUT2D eigenvalue weighted by Crippen LogP contribution is 2.49. The quantitative estimate of drug-likeness (QED) is 0.737. The summed E-state index contributed by atoms with van der Waals surface area (Å²) in [7, 11) is 0. The highest BCUT2D eigenvalue weighted by atomic mass is 16.2. The Labute approximate surface area is 92.0 Å². The lowest BCUT2D eigenvalue weighted by Gasteiger charge is -2.26. The number of carbonyl (C=O) groups excluding carboxylic acids is 1. The van der Waals surface area contributed by atoms with Crippen molar-refractivity contribution in [2.45, 2.75) is 51.5 Å². The Morgan fingerprint density at radius 3 is 2.60 bits per heavy atom. The summed E-state index contributed by atoms with van der Waals surface area (Å²) in [5.74, 6) is 0.330. The average molecular weight is 210 g/mol. The molecule has 3 nitrogen and oxygen atoms in total. The predicted octanol–water partition coefficient (Wildman–Crippen LogP) is 1.43. The van der Waals surface area contributed by atoms with Crippen molar-refractivity contribution in [3.05, 3.63) is 0 Å². The van der Waals surface area contributed by atoms with Crippen LogP contribution in [-0.4, -0.2) is 25.0 Å². The number of hydrogen-bond donors (Lipinski definition) is 2. The zero-order valence-corrected chi connectivity index (χ0v) is 9.64. The van der Waals surface area contributed by atoms with E-state index in [1.165, 1.54) is 0 Å². The van der Waals surface area contributed by atoms with Gasteiger partial charge in [-0.15, -0.1) is 0 Å². The van der Waals surface area contributed by atoms with E-state index < -0.39 is 0 Å². The Morgan fingerprint density at radius 1 is 1.40 bits per heavy atom. The molecule has 1 aliphatic carbocycles. The van der Waals surface area contributed by atoms with E-state index >= 15 is 0 Å². The van der Waals surface area contributed by atoms with Crippen molar-refractivity contribution in [2.75, 3.05) is 13.1 Å². The molecule has 1 saturated heterocycles. The summed E-state index contributed by atoms with van der Waals surface area (Å²) in [6, 6.07) is 0.424. The molecule has 2 N–H and O–H groups in total. The molecular formula is C12H22N2O. The molecule has 1 aliphatic heterocycles. The number of carbonyl (C=O) groups is 1. The number of rotatable bonds is 4. The fourth-order valence-corrected chi connectivity index (χ4v) is 2.52. The summed E-state index contributed by atoms with van der Waals surface area (Å²) in [6.45, 7) is 4.26. The van der Waals surface area contributed by atoms with Crippen LogP contribution in [0.1, 0.15) is 45.4 Å². The van der Waals surface area contributed by atoms with E-state index in [0.717, 1.165) is 51.6 Å². The van der Waals surface area contributed by atoms with Crippen LogP contribution < -0.4 is 10.6 Å². The third kappa shape index (κ3) is 2.51. The molecule has 0 bridgehead atoms. The van der Waals surface area contributed by atoms with E-state index in [1.807, 2.05) is 0 Å². The van der Waals surface area contributed by atoms with E-state index in [2.05, 4.69) is 17.6 Å². The van der Waals surface area contributed by atoms with Gasteiger partial charge in [0.05, 0.1) is 0 Å². The standard InChI is InChI=1S/C12H22N2O/c1-2-5-12(6-7-12)11(15)14-10-3-8-13-9-4-10/h10,13H,2-9H2,1H3,(H,14,15). The van der Waals surface area contributed by atoms with Crippen molar-refractivity contribution in [1.82, 2.24) is 10.6 Å². The van der Waals surface area contributed by atoms with Crippen molar-refractivity contribution in [3.63, 3.8) is 0 Å². The molecule has 1 heterocycles. The first-order chi connectivity index (χ1) is 7.27. The topological polar surface area (TPSA) is 41.1 Å². The number of amides is 1. The average Bonchev–Trinajstić information content (AvgIpc) is 3.01. The third-order valence-corrected chi connectivity index (χ3v) is 3.74. The molecule has 1 amide bonds. The van der Waals surface area contributed by atoms with Gasteiger partial charge >= 0.3 is 0 Å². The van der Waals surface area contributed by atoms with Gasteiger partial charge in [-0.3, -0.25) is 4.79 Å². The SMILES string of the molecule is CCCC1(C(=O)NC2CCNCC2)CC1. The van der Waals surface area contributed by atoms with Crippen LogP contribution in [0.4, 0.5) is 0 Å². The van der Waals surface area contributed by atoms with Gasteiger partial charge in [0, 0.05) is 11.5 Å². The van der Waals surface area contributed by atoms with Gasteiger partial charge in [-0.1, -0.05) is 13.3 Å². The molecule has 2 fully saturated rings. The molecule has 0 radical (unpaired) electrons. The second kappa shape index (κ2) is 4.52. The Balaban J connectivity index is 1.80. The molecule has 0 aromatic rings. The molecule has 0 atom stereocenters. The molecule has 86 valence electrons. The first-order valence-corrected chi connectivity index (χ1v) is 6.28. The second-order valence-corrected chi connectivity index (χ2v) is 5.03. The molecule has 0 unspecified atom stereocenters. The fraction of sp³-hybridized carbons (Fsp3) is 0.917. The zero-order chi connectivity index (χ0) is 10.7. The molecule has 15 heavy (non-hydrogen) atoms. The van der Waals surface area contributed by atoms with Crippen molar-refractivity contribution >= 4 is 5.91 Å². The molecule has 2 aliphatic rings. The lowest BCUT2D eigenvalue weighted by molar-refractivity contribution is -0.127. The van der Waals surface area contributed by atoms with Gasteiger partial charge in [0.15, 0.2) is 0 Å². The van der Waals surface area contributed by atoms with E-state index in [4.69, 9.17) is 0 Å². The number of hydrogen-bond acceptors (Lipinski definition) is 2. The summed E-state index contributed by atoms with van der Waals surface area (Å²) >= 11 is 0. The van der Waals surface area contributed by atoms with E-state index in [9.17, 15) is 4.79 Å². The maximum absolute atomic E-state index is 12.1. The maximum atomic E-state index is 12.1. The van der Waals surface area contributed by atoms with E-state index in [1.54, 1.807) is 0 Å². The summed E-state index contributed by atoms with van der Waals surface area (Å²) < 4.78 is 0. The Bertz CT molecular complexity index is 230. The Hall–Kier alpha value is -0.570. The molecule has 1 saturated carbocycles. The van der Waals surface area contributed by atoms with Crippen LogP contribution in [0.3, 0.4) is 0 Å². The summed E-state index contributed by atoms with van der Waals surface area (Å²) in [6.07, 6.45) is 6.60. The Kier molecular flexibility index (Phi) is 3.29. The molecule has 2 rings (SSSR count). The first-order valence-electron chi connectivity index (χ1n) is 6.28. The van der Waals surface area contributed by atoms with Gasteiger partial charge in [0.1, 0.15) is 0 Å². The molecule has 0 aromatic heterocycles. The normalized spacial score (nSPS) is 24.9. The van der Waals surface area contributed by atoms with Crippen LogP contribution in [0, 0.1) is 5.41 Å². The largest absolute Gasteiger partial charge is 0.353 e. The van der Waals surface area contributed by atoms with Crippen molar-refractivity contribution in [2.24, 2.45) is 5.41 Å². The minimum absolute atomic E-state index is 0.0413. The highest BCUT2D eigenvalue weighted by Gasteiger charge is 2.48. The minimum atomic E-state index is 0.0413. The number of piperidine rings is 1.